The minimum atomic E-state index is -3.74. The molecule has 0 unspecified atom stereocenters. The van der Waals surface area contributed by atoms with Crippen LogP contribution in [-0.4, -0.2) is 66.6 Å². The number of hydrogen-bond acceptors (Lipinski definition) is 5. The minimum Gasteiger partial charge on any atom is -0.379 e. The van der Waals surface area contributed by atoms with Crippen LogP contribution in [0, 0.1) is 12.7 Å². The van der Waals surface area contributed by atoms with Crippen LogP contribution >= 0.6 is 0 Å². The molecule has 0 atom stereocenters. The van der Waals surface area contributed by atoms with Crippen molar-refractivity contribution < 1.29 is 17.5 Å². The Morgan fingerprint density at radius 1 is 1.09 bits per heavy atom. The van der Waals surface area contributed by atoms with E-state index in [2.05, 4.69) is 9.88 Å². The summed E-state index contributed by atoms with van der Waals surface area (Å²) in [6.07, 6.45) is 3.37. The van der Waals surface area contributed by atoms with Crippen LogP contribution in [0.25, 0.3) is 0 Å². The first-order chi connectivity index (χ1) is 15.9. The molecule has 7 nitrogen and oxygen atoms in total. The lowest BCUT2D eigenvalue weighted by Gasteiger charge is -2.29. The van der Waals surface area contributed by atoms with Gasteiger partial charge in [0.15, 0.2) is 0 Å². The summed E-state index contributed by atoms with van der Waals surface area (Å²) < 4.78 is 50.0. The average Bonchev–Trinajstić information content (AvgIpc) is 3.25. The predicted octanol–water partition coefficient (Wildman–Crippen LogP) is 2.90. The van der Waals surface area contributed by atoms with E-state index in [1.54, 1.807) is 59.4 Å². The van der Waals surface area contributed by atoms with Gasteiger partial charge in [0.1, 0.15) is 11.6 Å². The first-order valence-electron chi connectivity index (χ1n) is 11.0. The summed E-state index contributed by atoms with van der Waals surface area (Å²) in [6.45, 7) is 6.08. The van der Waals surface area contributed by atoms with Gasteiger partial charge in [-0.25, -0.2) is 17.8 Å². The average molecular weight is 473 g/mol. The van der Waals surface area contributed by atoms with Crippen molar-refractivity contribution in [2.75, 3.05) is 39.4 Å². The number of nitrogens with zero attached hydrogens (tertiary/aromatic N) is 4. The Morgan fingerprint density at radius 3 is 2.55 bits per heavy atom. The number of aromatic nitrogens is 2. The summed E-state index contributed by atoms with van der Waals surface area (Å²) in [7, 11) is -3.74. The number of imidazole rings is 1. The Bertz CT molecular complexity index is 1160. The minimum absolute atomic E-state index is 0.0992. The number of halogens is 1. The zero-order chi connectivity index (χ0) is 23.3. The Hall–Kier alpha value is -2.59. The van der Waals surface area contributed by atoms with E-state index in [1.165, 1.54) is 10.4 Å². The molecule has 0 spiro atoms. The van der Waals surface area contributed by atoms with Gasteiger partial charge in [-0.2, -0.15) is 4.31 Å². The van der Waals surface area contributed by atoms with E-state index in [4.69, 9.17) is 4.74 Å². The molecule has 1 aliphatic heterocycles. The molecule has 1 saturated heterocycles. The van der Waals surface area contributed by atoms with Gasteiger partial charge in [0.2, 0.25) is 10.0 Å². The van der Waals surface area contributed by atoms with Crippen LogP contribution in [0.3, 0.4) is 0 Å². The molecule has 0 amide bonds. The predicted molar refractivity (Wildman–Crippen MR) is 124 cm³/mol. The summed E-state index contributed by atoms with van der Waals surface area (Å²) >= 11 is 0. The maximum Gasteiger partial charge on any atom is 0.243 e. The highest BCUT2D eigenvalue weighted by Crippen LogP contribution is 2.20. The van der Waals surface area contributed by atoms with Crippen LogP contribution in [0.15, 0.2) is 65.8 Å². The quantitative estimate of drug-likeness (QED) is 0.479. The van der Waals surface area contributed by atoms with Crippen LogP contribution < -0.4 is 0 Å². The number of hydrogen-bond donors (Lipinski definition) is 0. The van der Waals surface area contributed by atoms with Crippen LogP contribution in [0.5, 0.6) is 0 Å². The van der Waals surface area contributed by atoms with Crippen molar-refractivity contribution in [1.82, 2.24) is 18.8 Å². The maximum absolute atomic E-state index is 14.2. The monoisotopic (exact) mass is 472 g/mol. The van der Waals surface area contributed by atoms with Gasteiger partial charge in [-0.3, -0.25) is 4.90 Å². The lowest BCUT2D eigenvalue weighted by molar-refractivity contribution is 0.0360. The van der Waals surface area contributed by atoms with Gasteiger partial charge < -0.3 is 9.30 Å². The van der Waals surface area contributed by atoms with Crippen molar-refractivity contribution in [2.45, 2.75) is 24.9 Å². The molecule has 0 aliphatic carbocycles. The van der Waals surface area contributed by atoms with Gasteiger partial charge in [-0.1, -0.05) is 35.9 Å². The Balaban J connectivity index is 1.58. The zero-order valence-corrected chi connectivity index (χ0v) is 19.5. The summed E-state index contributed by atoms with van der Waals surface area (Å²) in [5.74, 6) is 0.268. The molecule has 4 rings (SSSR count). The highest BCUT2D eigenvalue weighted by atomic mass is 32.2. The molecule has 3 aromatic rings. The normalized spacial score (nSPS) is 15.2. The smallest absolute Gasteiger partial charge is 0.243 e. The Morgan fingerprint density at radius 2 is 1.82 bits per heavy atom. The number of benzene rings is 2. The van der Waals surface area contributed by atoms with E-state index in [0.29, 0.717) is 37.7 Å². The second-order valence-electron chi connectivity index (χ2n) is 8.17. The fourth-order valence-corrected chi connectivity index (χ4v) is 5.21. The van der Waals surface area contributed by atoms with Gasteiger partial charge in [0.25, 0.3) is 0 Å². The first-order valence-corrected chi connectivity index (χ1v) is 12.5. The van der Waals surface area contributed by atoms with Gasteiger partial charge >= 0.3 is 0 Å². The molecule has 176 valence electrons. The molecule has 0 N–H and O–H groups in total. The summed E-state index contributed by atoms with van der Waals surface area (Å²) in [6, 6.07) is 13.4. The van der Waals surface area contributed by atoms with Crippen LogP contribution in [0.4, 0.5) is 4.39 Å². The first kappa shape index (κ1) is 23.6. The zero-order valence-electron chi connectivity index (χ0n) is 18.7. The fraction of sp³-hybridized carbons (Fsp3) is 0.375. The number of aryl methyl sites for hydroxylation is 1. The standard InChI is InChI=1S/C24H29FN4O3S/c1-20-6-8-22(9-7-20)33(30,31)29(13-12-27-14-16-32-17-15-27)19-24-26-10-11-28(24)18-21-4-2-3-5-23(21)25/h2-11H,12-19H2,1H3. The molecule has 33 heavy (non-hydrogen) atoms. The molecule has 2 heterocycles. The fourth-order valence-electron chi connectivity index (χ4n) is 3.82. The topological polar surface area (TPSA) is 67.7 Å². The summed E-state index contributed by atoms with van der Waals surface area (Å²) in [5, 5.41) is 0. The van der Waals surface area contributed by atoms with Crippen molar-refractivity contribution in [3.63, 3.8) is 0 Å². The Kier molecular flexibility index (Phi) is 7.54. The third-order valence-electron chi connectivity index (χ3n) is 5.85. The highest BCUT2D eigenvalue weighted by Gasteiger charge is 2.27. The highest BCUT2D eigenvalue weighted by molar-refractivity contribution is 7.89. The largest absolute Gasteiger partial charge is 0.379 e. The van der Waals surface area contributed by atoms with Gasteiger partial charge in [0, 0.05) is 44.1 Å². The molecule has 1 aliphatic rings. The molecule has 0 bridgehead atoms. The maximum atomic E-state index is 14.2. The molecule has 9 heteroatoms. The van der Waals surface area contributed by atoms with E-state index >= 15 is 0 Å². The van der Waals surface area contributed by atoms with E-state index in [0.717, 1.165) is 18.7 Å². The molecule has 0 saturated carbocycles. The van der Waals surface area contributed by atoms with E-state index in [1.807, 2.05) is 6.92 Å². The lowest BCUT2D eigenvalue weighted by atomic mass is 10.2. The third-order valence-corrected chi connectivity index (χ3v) is 7.71. The molecular weight excluding hydrogens is 443 g/mol. The second kappa shape index (κ2) is 10.6. The van der Waals surface area contributed by atoms with Crippen LogP contribution in [-0.2, 0) is 27.8 Å². The molecule has 1 fully saturated rings. The third kappa shape index (κ3) is 5.86. The van der Waals surface area contributed by atoms with E-state index in [9.17, 15) is 12.8 Å². The number of rotatable bonds is 9. The SMILES string of the molecule is Cc1ccc(S(=O)(=O)N(CCN2CCOCC2)Cc2nccn2Cc2ccccc2F)cc1. The van der Waals surface area contributed by atoms with Gasteiger partial charge in [-0.05, 0) is 25.1 Å². The van der Waals surface area contributed by atoms with Gasteiger partial charge in [0.05, 0.1) is 31.2 Å². The van der Waals surface area contributed by atoms with Crippen molar-refractivity contribution in [2.24, 2.45) is 0 Å². The van der Waals surface area contributed by atoms with Crippen LogP contribution in [0.2, 0.25) is 0 Å². The van der Waals surface area contributed by atoms with Crippen LogP contribution in [0.1, 0.15) is 17.0 Å². The lowest BCUT2D eigenvalue weighted by Crippen LogP contribution is -2.43. The van der Waals surface area contributed by atoms with Crippen molar-refractivity contribution >= 4 is 10.0 Å². The molecular formula is C24H29FN4O3S. The number of sulfonamides is 1. The molecule has 1 aromatic heterocycles. The summed E-state index contributed by atoms with van der Waals surface area (Å²) in [5.41, 5.74) is 1.52. The number of morpholine rings is 1. The number of ether oxygens (including phenoxy) is 1. The van der Waals surface area contributed by atoms with Crippen molar-refractivity contribution in [3.05, 3.63) is 83.7 Å². The van der Waals surface area contributed by atoms with Crippen molar-refractivity contribution in [3.8, 4) is 0 Å². The van der Waals surface area contributed by atoms with E-state index in [-0.39, 0.29) is 23.8 Å². The molecule has 2 aromatic carbocycles. The second-order valence-corrected chi connectivity index (χ2v) is 10.1. The molecule has 0 radical (unpaired) electrons. The summed E-state index contributed by atoms with van der Waals surface area (Å²) in [4.78, 5) is 6.85. The van der Waals surface area contributed by atoms with Gasteiger partial charge in [-0.15, -0.1) is 0 Å². The van der Waals surface area contributed by atoms with E-state index < -0.39 is 10.0 Å². The Labute approximate surface area is 194 Å². The van der Waals surface area contributed by atoms with Crippen molar-refractivity contribution in [1.29, 1.82) is 0 Å².